The highest BCUT2D eigenvalue weighted by molar-refractivity contribution is 7.00. The molecule has 1 aliphatic heterocycles. The van der Waals surface area contributed by atoms with Crippen molar-refractivity contribution in [2.45, 2.75) is 122 Å². The van der Waals surface area contributed by atoms with Crippen LogP contribution in [0.15, 0.2) is 183 Å². The first-order valence-electron chi connectivity index (χ1n) is 29.3. The minimum atomic E-state index is -2.66. The maximum Gasteiger partial charge on any atom is 0.410 e. The second-order valence-corrected chi connectivity index (χ2v) is 32.5. The van der Waals surface area contributed by atoms with Gasteiger partial charge in [0.15, 0.2) is 0 Å². The third kappa shape index (κ3) is 16.2. The molecule has 2 aliphatic rings. The van der Waals surface area contributed by atoms with E-state index in [0.29, 0.717) is 13.2 Å². The summed E-state index contributed by atoms with van der Waals surface area (Å²) in [6.07, 6.45) is 22.4. The van der Waals surface area contributed by atoms with Crippen LogP contribution in [0.1, 0.15) is 115 Å². The molecule has 420 valence electrons. The van der Waals surface area contributed by atoms with Gasteiger partial charge in [-0.2, -0.15) is 0 Å². The fourth-order valence-corrected chi connectivity index (χ4v) is 21.4. The summed E-state index contributed by atoms with van der Waals surface area (Å²) in [7, 11) is -5.18. The third-order valence-electron chi connectivity index (χ3n) is 16.2. The van der Waals surface area contributed by atoms with E-state index in [4.69, 9.17) is 26.4 Å². The molecule has 1 atom stereocenters. The summed E-state index contributed by atoms with van der Waals surface area (Å²) in [6, 6.07) is 60.2. The first-order chi connectivity index (χ1) is 38.7. The first kappa shape index (κ1) is 61.3. The number of likely N-dealkylation sites (tertiary alicyclic amines) is 1. The molecule has 2 fully saturated rings. The Morgan fingerprint density at radius 2 is 0.950 bits per heavy atom. The molecule has 7 nitrogen and oxygen atoms in total. The van der Waals surface area contributed by atoms with Crippen molar-refractivity contribution in [1.82, 2.24) is 14.7 Å². The van der Waals surface area contributed by atoms with Crippen molar-refractivity contribution in [3.8, 4) is 24.7 Å². The van der Waals surface area contributed by atoms with Gasteiger partial charge in [-0.1, -0.05) is 231 Å². The number of carbonyl (C=O) groups is 1. The van der Waals surface area contributed by atoms with Crippen LogP contribution in [0, 0.1) is 30.6 Å². The van der Waals surface area contributed by atoms with E-state index in [1.807, 2.05) is 17.0 Å². The normalized spacial score (nSPS) is 15.3. The Labute approximate surface area is 484 Å². The molecule has 0 radical (unpaired) electrons. The number of terminal acetylenes is 2. The fourth-order valence-electron chi connectivity index (χ4n) is 12.3. The van der Waals surface area contributed by atoms with Gasteiger partial charge in [0.25, 0.3) is 16.6 Å². The van der Waals surface area contributed by atoms with Crippen molar-refractivity contribution in [3.63, 3.8) is 0 Å². The van der Waals surface area contributed by atoms with Gasteiger partial charge in [0.05, 0.1) is 0 Å². The van der Waals surface area contributed by atoms with E-state index in [9.17, 15) is 4.79 Å². The summed E-state index contributed by atoms with van der Waals surface area (Å²) in [5, 5.41) is 5.13. The van der Waals surface area contributed by atoms with Gasteiger partial charge >= 0.3 is 6.09 Å². The average Bonchev–Trinajstić information content (AvgIpc) is 3.49. The van der Waals surface area contributed by atoms with Gasteiger partial charge in [0, 0.05) is 76.2 Å². The lowest BCUT2D eigenvalue weighted by Gasteiger charge is -2.43. The SMILES string of the molecule is C#Cc1ccc(CN(CCO[Si](c2ccccc2)(c2ccccc2)C(C)(C)C)CC2CCCCC2)cc1.C#Cc1ccc(CN(CCO[Si](c2ccccc2)(c2ccccc2)C(C)(C)C)CC2CCCCN2C(=O)OCC=C)cc1. The molecule has 0 aromatic heterocycles. The zero-order valence-corrected chi connectivity index (χ0v) is 51.0. The molecule has 1 heterocycles. The highest BCUT2D eigenvalue weighted by Gasteiger charge is 2.51. The molecule has 9 heteroatoms. The molecule has 1 saturated heterocycles. The minimum absolute atomic E-state index is 0.00500. The van der Waals surface area contributed by atoms with Crippen molar-refractivity contribution in [1.29, 1.82) is 0 Å². The Hall–Kier alpha value is -6.28. The molecule has 6 aromatic carbocycles. The number of benzene rings is 6. The molecule has 8 rings (SSSR count). The summed E-state index contributed by atoms with van der Waals surface area (Å²) >= 11 is 0. The molecular formula is C71H89N3O4Si2. The van der Waals surface area contributed by atoms with E-state index in [0.717, 1.165) is 82.2 Å². The summed E-state index contributed by atoms with van der Waals surface area (Å²) < 4.78 is 19.9. The summed E-state index contributed by atoms with van der Waals surface area (Å²) in [5.74, 6) is 6.23. The fraction of sp³-hybridized carbons (Fsp3) is 0.394. The number of nitrogens with zero attached hydrogens (tertiary/aromatic N) is 3. The molecular weight excluding hydrogens is 1010 g/mol. The van der Waals surface area contributed by atoms with Crippen molar-refractivity contribution in [2.24, 2.45) is 5.92 Å². The number of ether oxygens (including phenoxy) is 1. The highest BCUT2D eigenvalue weighted by Crippen LogP contribution is 2.38. The maximum absolute atomic E-state index is 12.9. The monoisotopic (exact) mass is 1100 g/mol. The van der Waals surface area contributed by atoms with Crippen LogP contribution in [0.5, 0.6) is 0 Å². The number of hydrogen-bond donors (Lipinski definition) is 0. The number of carbonyl (C=O) groups excluding carboxylic acids is 1. The van der Waals surface area contributed by atoms with Crippen LogP contribution in [0.3, 0.4) is 0 Å². The zero-order valence-electron chi connectivity index (χ0n) is 49.0. The lowest BCUT2D eigenvalue weighted by molar-refractivity contribution is 0.0628. The molecule has 0 N–H and O–H groups in total. The van der Waals surface area contributed by atoms with Gasteiger partial charge in [-0.3, -0.25) is 9.80 Å². The Bertz CT molecular complexity index is 2790. The van der Waals surface area contributed by atoms with E-state index in [-0.39, 0.29) is 28.8 Å². The van der Waals surface area contributed by atoms with E-state index >= 15 is 0 Å². The molecule has 1 saturated carbocycles. The zero-order chi connectivity index (χ0) is 56.9. The third-order valence-corrected chi connectivity index (χ3v) is 26.3. The molecule has 80 heavy (non-hydrogen) atoms. The number of piperidine rings is 1. The number of rotatable bonds is 22. The molecule has 1 amide bonds. The average molecular weight is 1100 g/mol. The lowest BCUT2D eigenvalue weighted by Crippen LogP contribution is -2.67. The Morgan fingerprint density at radius 1 is 0.562 bits per heavy atom. The van der Waals surface area contributed by atoms with E-state index in [2.05, 4.69) is 227 Å². The predicted molar refractivity (Wildman–Crippen MR) is 339 cm³/mol. The summed E-state index contributed by atoms with van der Waals surface area (Å²) in [5.41, 5.74) is 4.31. The number of amides is 1. The van der Waals surface area contributed by atoms with E-state index < -0.39 is 16.6 Å². The molecule has 6 aromatic rings. The molecule has 1 aliphatic carbocycles. The maximum atomic E-state index is 12.9. The first-order valence-corrected chi connectivity index (χ1v) is 33.1. The van der Waals surface area contributed by atoms with E-state index in [1.54, 1.807) is 6.08 Å². The lowest BCUT2D eigenvalue weighted by atomic mass is 9.89. The smallest absolute Gasteiger partial charge is 0.410 e. The van der Waals surface area contributed by atoms with Crippen LogP contribution in [-0.4, -0.2) is 96.0 Å². The van der Waals surface area contributed by atoms with Crippen LogP contribution in [-0.2, 0) is 26.7 Å². The van der Waals surface area contributed by atoms with Crippen molar-refractivity contribution < 1.29 is 18.4 Å². The second-order valence-electron chi connectivity index (χ2n) is 23.9. The second kappa shape index (κ2) is 30.0. The largest absolute Gasteiger partial charge is 0.445 e. The standard InChI is InChI=1S/C37H46N2O3Si.C34H43NOSi/c1-6-27-41-36(40)39-25-15-14-16-33(39)30-38(29-32-23-21-31(7-2)22-24-32)26-28-42-43(37(3,4)5,34-17-10-8-11-18-34)35-19-12-9-13-20-35;1-5-29-21-23-31(24-22-29)28-35(27-30-15-9-6-10-16-30)25-26-36-37(34(2,3)4,32-17-11-7-12-18-32)33-19-13-8-14-20-33/h2,6,8-13,17-24,33H,1,14-16,25-30H2,3-5H3;1,7-8,11-14,17-24,30H,6,9-10,15-16,25-28H2,2-4H3. The van der Waals surface area contributed by atoms with Gasteiger partial charge < -0.3 is 18.5 Å². The van der Waals surface area contributed by atoms with Gasteiger partial charge in [0.1, 0.15) is 6.61 Å². The highest BCUT2D eigenvalue weighted by atomic mass is 28.4. The quantitative estimate of drug-likeness (QED) is 0.0384. The van der Waals surface area contributed by atoms with Crippen LogP contribution >= 0.6 is 0 Å². The molecule has 0 bridgehead atoms. The van der Waals surface area contributed by atoms with Crippen LogP contribution in [0.4, 0.5) is 4.79 Å². The van der Waals surface area contributed by atoms with Gasteiger partial charge in [-0.05, 0) is 104 Å². The van der Waals surface area contributed by atoms with Crippen LogP contribution in [0.25, 0.3) is 0 Å². The summed E-state index contributed by atoms with van der Waals surface area (Å²) in [6.45, 7) is 25.1. The predicted octanol–water partition coefficient (Wildman–Crippen LogP) is 12.9. The van der Waals surface area contributed by atoms with Crippen molar-refractivity contribution >= 4 is 43.5 Å². The van der Waals surface area contributed by atoms with Crippen molar-refractivity contribution in [2.75, 3.05) is 52.5 Å². The van der Waals surface area contributed by atoms with Gasteiger partial charge in [0.2, 0.25) is 0 Å². The van der Waals surface area contributed by atoms with Crippen molar-refractivity contribution in [3.05, 3.63) is 205 Å². The number of hydrogen-bond acceptors (Lipinski definition) is 6. The summed E-state index contributed by atoms with van der Waals surface area (Å²) in [4.78, 5) is 19.9. The van der Waals surface area contributed by atoms with Crippen LogP contribution in [0.2, 0.25) is 10.1 Å². The minimum Gasteiger partial charge on any atom is -0.445 e. The van der Waals surface area contributed by atoms with Gasteiger partial charge in [-0.15, -0.1) is 12.8 Å². The van der Waals surface area contributed by atoms with Crippen LogP contribution < -0.4 is 20.7 Å². The Balaban J connectivity index is 0.000000234. The Morgan fingerprint density at radius 3 is 1.32 bits per heavy atom. The van der Waals surface area contributed by atoms with Gasteiger partial charge in [-0.25, -0.2) is 4.79 Å². The molecule has 0 spiro atoms. The van der Waals surface area contributed by atoms with E-state index in [1.165, 1.54) is 64.0 Å². The molecule has 1 unspecified atom stereocenters. The Kier molecular flexibility index (Phi) is 23.0. The topological polar surface area (TPSA) is 54.5 Å².